The average molecular weight is 386 g/mol. The molecule has 26 heavy (non-hydrogen) atoms. The normalized spacial score (nSPS) is 20.5. The molecule has 1 aliphatic rings. The number of ether oxygens (including phenoxy) is 1. The second-order valence-corrected chi connectivity index (χ2v) is 8.99. The Morgan fingerprint density at radius 1 is 1.35 bits per heavy atom. The quantitative estimate of drug-likeness (QED) is 0.642. The lowest BCUT2D eigenvalue weighted by Crippen LogP contribution is -2.43. The van der Waals surface area contributed by atoms with Crippen molar-refractivity contribution in [2.45, 2.75) is 32.7 Å². The van der Waals surface area contributed by atoms with Crippen molar-refractivity contribution in [1.29, 1.82) is 0 Å². The Morgan fingerprint density at radius 2 is 2.04 bits per heavy atom. The van der Waals surface area contributed by atoms with Crippen molar-refractivity contribution in [2.75, 3.05) is 33.1 Å². The first kappa shape index (κ1) is 20.5. The van der Waals surface area contributed by atoms with Gasteiger partial charge in [0.15, 0.2) is 0 Å². The third-order valence-corrected chi connectivity index (χ3v) is 6.54. The van der Waals surface area contributed by atoms with Crippen LogP contribution in [0.1, 0.15) is 23.4 Å². The zero-order valence-corrected chi connectivity index (χ0v) is 16.4. The fraction of sp³-hybridized carbons (Fsp3) is 0.688. The molecule has 0 spiro atoms. The first-order valence-electron chi connectivity index (χ1n) is 8.44. The SMILES string of the molecule is Cc1nc(=O)[nH]c(C)c1CCC(=O)N[C@H]1COC[C@H]1CS(=O)(=O)N(C)C. The van der Waals surface area contributed by atoms with Crippen LogP contribution in [0.4, 0.5) is 0 Å². The molecular weight excluding hydrogens is 360 g/mol. The molecule has 1 aromatic heterocycles. The highest BCUT2D eigenvalue weighted by atomic mass is 32.2. The van der Waals surface area contributed by atoms with Crippen LogP contribution in [-0.2, 0) is 26.0 Å². The number of hydrogen-bond donors (Lipinski definition) is 2. The number of nitrogens with one attached hydrogen (secondary N) is 2. The Bertz CT molecular complexity index is 792. The number of hydrogen-bond acceptors (Lipinski definition) is 6. The van der Waals surface area contributed by atoms with Crippen LogP contribution in [0.15, 0.2) is 4.79 Å². The lowest BCUT2D eigenvalue weighted by molar-refractivity contribution is -0.121. The van der Waals surface area contributed by atoms with Crippen molar-refractivity contribution in [1.82, 2.24) is 19.6 Å². The molecule has 2 atom stereocenters. The molecule has 2 rings (SSSR count). The molecule has 0 bridgehead atoms. The summed E-state index contributed by atoms with van der Waals surface area (Å²) < 4.78 is 30.6. The summed E-state index contributed by atoms with van der Waals surface area (Å²) in [6, 6.07) is -0.326. The van der Waals surface area contributed by atoms with Gasteiger partial charge in [-0.3, -0.25) is 4.79 Å². The lowest BCUT2D eigenvalue weighted by atomic mass is 10.0. The predicted molar refractivity (Wildman–Crippen MR) is 96.4 cm³/mol. The number of carbonyl (C=O) groups excluding carboxylic acids is 1. The smallest absolute Gasteiger partial charge is 0.345 e. The second kappa shape index (κ2) is 8.28. The zero-order chi connectivity index (χ0) is 19.5. The largest absolute Gasteiger partial charge is 0.379 e. The van der Waals surface area contributed by atoms with Crippen LogP contribution in [-0.4, -0.2) is 67.7 Å². The molecule has 146 valence electrons. The number of carbonyl (C=O) groups is 1. The number of amides is 1. The molecule has 2 N–H and O–H groups in total. The standard InChI is InChI=1S/C16H26N4O5S/c1-10-13(11(2)18-16(22)17-10)5-6-15(21)19-14-8-25-7-12(14)9-26(23,24)20(3)4/h12,14H,5-9H2,1-4H3,(H,19,21)(H,17,18,22)/t12-,14-/m0/s1. The number of nitrogens with zero attached hydrogens (tertiary/aromatic N) is 2. The highest BCUT2D eigenvalue weighted by molar-refractivity contribution is 7.89. The van der Waals surface area contributed by atoms with Gasteiger partial charge in [0.05, 0.1) is 25.0 Å². The number of H-pyrrole nitrogens is 1. The molecule has 2 heterocycles. The minimum Gasteiger partial charge on any atom is -0.379 e. The monoisotopic (exact) mass is 386 g/mol. The molecule has 1 saturated heterocycles. The van der Waals surface area contributed by atoms with E-state index in [4.69, 9.17) is 4.74 Å². The van der Waals surface area contributed by atoms with Crippen LogP contribution >= 0.6 is 0 Å². The summed E-state index contributed by atoms with van der Waals surface area (Å²) in [4.78, 5) is 30.1. The molecule has 1 fully saturated rings. The molecule has 9 nitrogen and oxygen atoms in total. The van der Waals surface area contributed by atoms with E-state index in [9.17, 15) is 18.0 Å². The molecule has 0 saturated carbocycles. The van der Waals surface area contributed by atoms with Crippen LogP contribution in [0.25, 0.3) is 0 Å². The van der Waals surface area contributed by atoms with E-state index in [1.54, 1.807) is 13.8 Å². The lowest BCUT2D eigenvalue weighted by Gasteiger charge is -2.21. The van der Waals surface area contributed by atoms with Crippen molar-refractivity contribution >= 4 is 15.9 Å². The maximum absolute atomic E-state index is 12.3. The molecular formula is C16H26N4O5S. The van der Waals surface area contributed by atoms with Gasteiger partial charge in [-0.15, -0.1) is 0 Å². The Morgan fingerprint density at radius 3 is 2.65 bits per heavy atom. The van der Waals surface area contributed by atoms with E-state index >= 15 is 0 Å². The minimum atomic E-state index is -3.36. The molecule has 0 unspecified atom stereocenters. The van der Waals surface area contributed by atoms with Gasteiger partial charge in [0.1, 0.15) is 0 Å². The Balaban J connectivity index is 1.94. The van der Waals surface area contributed by atoms with Crippen molar-refractivity contribution in [3.05, 3.63) is 27.4 Å². The summed E-state index contributed by atoms with van der Waals surface area (Å²) in [7, 11) is -0.385. The predicted octanol–water partition coefficient (Wildman–Crippen LogP) is -0.658. The molecule has 0 radical (unpaired) electrons. The van der Waals surface area contributed by atoms with Crippen molar-refractivity contribution < 1.29 is 17.9 Å². The maximum atomic E-state index is 12.3. The fourth-order valence-electron chi connectivity index (χ4n) is 2.98. The van der Waals surface area contributed by atoms with E-state index in [-0.39, 0.29) is 30.0 Å². The van der Waals surface area contributed by atoms with Crippen molar-refractivity contribution in [2.24, 2.45) is 5.92 Å². The van der Waals surface area contributed by atoms with Crippen molar-refractivity contribution in [3.63, 3.8) is 0 Å². The van der Waals surface area contributed by atoms with Gasteiger partial charge in [0.25, 0.3) is 0 Å². The van der Waals surface area contributed by atoms with Gasteiger partial charge in [0, 0.05) is 37.8 Å². The second-order valence-electron chi connectivity index (χ2n) is 6.76. The van der Waals surface area contributed by atoms with Crippen LogP contribution in [0, 0.1) is 19.8 Å². The van der Waals surface area contributed by atoms with Gasteiger partial charge in [-0.2, -0.15) is 4.98 Å². The first-order valence-corrected chi connectivity index (χ1v) is 10.0. The van der Waals surface area contributed by atoms with Gasteiger partial charge in [-0.05, 0) is 25.8 Å². The van der Waals surface area contributed by atoms with Gasteiger partial charge in [0.2, 0.25) is 15.9 Å². The molecule has 1 aliphatic heterocycles. The molecule has 1 amide bonds. The third kappa shape index (κ3) is 5.12. The number of sulfonamides is 1. The minimum absolute atomic E-state index is 0.0625. The number of aromatic amines is 1. The Kier molecular flexibility index (Phi) is 6.53. The maximum Gasteiger partial charge on any atom is 0.345 e. The molecule has 0 aromatic carbocycles. The van der Waals surface area contributed by atoms with E-state index in [1.165, 1.54) is 18.4 Å². The number of aryl methyl sites for hydroxylation is 2. The van der Waals surface area contributed by atoms with E-state index in [0.717, 1.165) is 5.56 Å². The molecule has 1 aromatic rings. The molecule has 10 heteroatoms. The van der Waals surface area contributed by atoms with Crippen LogP contribution in [0.2, 0.25) is 0 Å². The Labute approximate surface area is 153 Å². The van der Waals surface area contributed by atoms with E-state index < -0.39 is 15.7 Å². The highest BCUT2D eigenvalue weighted by Crippen LogP contribution is 2.18. The van der Waals surface area contributed by atoms with Gasteiger partial charge >= 0.3 is 5.69 Å². The number of aromatic nitrogens is 2. The summed E-state index contributed by atoms with van der Waals surface area (Å²) in [5, 5.41) is 2.87. The summed E-state index contributed by atoms with van der Waals surface area (Å²) in [6.45, 7) is 4.12. The summed E-state index contributed by atoms with van der Waals surface area (Å²) >= 11 is 0. The van der Waals surface area contributed by atoms with Crippen LogP contribution in [0.5, 0.6) is 0 Å². The van der Waals surface area contributed by atoms with Crippen LogP contribution < -0.4 is 11.0 Å². The summed E-state index contributed by atoms with van der Waals surface area (Å²) in [5.41, 5.74) is 1.75. The summed E-state index contributed by atoms with van der Waals surface area (Å²) in [6.07, 6.45) is 0.667. The third-order valence-electron chi connectivity index (χ3n) is 4.58. The number of rotatable bonds is 7. The van der Waals surface area contributed by atoms with Crippen molar-refractivity contribution in [3.8, 4) is 0 Å². The Hall–Kier alpha value is -1.78. The molecule has 0 aliphatic carbocycles. The fourth-order valence-corrected chi connectivity index (χ4v) is 4.15. The van der Waals surface area contributed by atoms with E-state index in [2.05, 4.69) is 15.3 Å². The first-order chi connectivity index (χ1) is 12.1. The van der Waals surface area contributed by atoms with Gasteiger partial charge < -0.3 is 15.0 Å². The highest BCUT2D eigenvalue weighted by Gasteiger charge is 2.34. The van der Waals surface area contributed by atoms with E-state index in [1.807, 2.05) is 0 Å². The summed E-state index contributed by atoms with van der Waals surface area (Å²) in [5.74, 6) is -0.519. The van der Waals surface area contributed by atoms with Gasteiger partial charge in [-0.1, -0.05) is 0 Å². The van der Waals surface area contributed by atoms with E-state index in [0.29, 0.717) is 31.0 Å². The zero-order valence-electron chi connectivity index (χ0n) is 15.5. The topological polar surface area (TPSA) is 121 Å². The van der Waals surface area contributed by atoms with Crippen LogP contribution in [0.3, 0.4) is 0 Å². The average Bonchev–Trinajstić information content (AvgIpc) is 2.92. The van der Waals surface area contributed by atoms with Gasteiger partial charge in [-0.25, -0.2) is 17.5 Å².